The van der Waals surface area contributed by atoms with Crippen molar-refractivity contribution < 1.29 is 4.74 Å². The van der Waals surface area contributed by atoms with E-state index in [1.54, 1.807) is 7.11 Å². The molecule has 0 radical (unpaired) electrons. The van der Waals surface area contributed by atoms with Crippen LogP contribution in [0.4, 0.5) is 0 Å². The second kappa shape index (κ2) is 4.48. The van der Waals surface area contributed by atoms with Gasteiger partial charge in [-0.15, -0.1) is 0 Å². The molecule has 0 amide bonds. The van der Waals surface area contributed by atoms with Crippen LogP contribution in [-0.2, 0) is 17.8 Å². The number of hydrogen-bond donors (Lipinski definition) is 1. The summed E-state index contributed by atoms with van der Waals surface area (Å²) < 4.78 is 5.66. The molecule has 0 spiro atoms. The Hall–Kier alpha value is -0.740. The van der Waals surface area contributed by atoms with Crippen LogP contribution in [0.25, 0.3) is 0 Å². The Kier molecular flexibility index (Phi) is 3.57. The molecule has 3 nitrogen and oxygen atoms in total. The van der Waals surface area contributed by atoms with Crippen LogP contribution in [0.15, 0.2) is 0 Å². The average Bonchev–Trinajstić information content (AvgIpc) is 2.04. The molecule has 1 aromatic heterocycles. The average molecular weight is 198 g/mol. The van der Waals surface area contributed by atoms with Crippen molar-refractivity contribution >= 4 is 12.2 Å². The van der Waals surface area contributed by atoms with Crippen LogP contribution < -0.4 is 0 Å². The highest BCUT2D eigenvalue weighted by Crippen LogP contribution is 2.07. The summed E-state index contributed by atoms with van der Waals surface area (Å²) >= 11 is 5.15. The number of nitrogens with zero attached hydrogens (tertiary/aromatic N) is 1. The van der Waals surface area contributed by atoms with E-state index in [1.165, 1.54) is 0 Å². The van der Waals surface area contributed by atoms with Crippen molar-refractivity contribution in [1.29, 1.82) is 0 Å². The Morgan fingerprint density at radius 3 is 2.69 bits per heavy atom. The summed E-state index contributed by atoms with van der Waals surface area (Å²) in [6.07, 6.45) is 0.918. The molecule has 4 heteroatoms. The fraction of sp³-hybridized carbons (Fsp3) is 0.556. The second-order valence-corrected chi connectivity index (χ2v) is 3.27. The molecule has 0 atom stereocenters. The van der Waals surface area contributed by atoms with Crippen molar-refractivity contribution in [3.8, 4) is 0 Å². The first-order valence-corrected chi connectivity index (χ1v) is 4.67. The quantitative estimate of drug-likeness (QED) is 0.756. The topological polar surface area (TPSA) is 37.9 Å². The summed E-state index contributed by atoms with van der Waals surface area (Å²) in [6, 6.07) is 0. The highest BCUT2D eigenvalue weighted by Gasteiger charge is 2.02. The van der Waals surface area contributed by atoms with Crippen LogP contribution in [0, 0.1) is 11.6 Å². The zero-order valence-corrected chi connectivity index (χ0v) is 8.99. The number of ether oxygens (including phenoxy) is 1. The van der Waals surface area contributed by atoms with E-state index in [1.807, 2.05) is 6.92 Å². The number of hydrogen-bond acceptors (Lipinski definition) is 3. The predicted molar refractivity (Wildman–Crippen MR) is 54.2 cm³/mol. The number of aromatic nitrogens is 2. The van der Waals surface area contributed by atoms with Crippen molar-refractivity contribution in [2.75, 3.05) is 7.11 Å². The largest absolute Gasteiger partial charge is 0.377 e. The zero-order chi connectivity index (χ0) is 9.84. The molecule has 1 aromatic rings. The summed E-state index contributed by atoms with van der Waals surface area (Å²) in [5.74, 6) is 0.794. The molecule has 1 heterocycles. The lowest BCUT2D eigenvalue weighted by Crippen LogP contribution is -2.03. The second-order valence-electron chi connectivity index (χ2n) is 2.88. The van der Waals surface area contributed by atoms with Crippen LogP contribution in [0.2, 0.25) is 0 Å². The number of nitrogens with one attached hydrogen (secondary N) is 1. The van der Waals surface area contributed by atoms with Crippen LogP contribution in [0.5, 0.6) is 0 Å². The molecule has 0 saturated carbocycles. The minimum absolute atomic E-state index is 0.481. The van der Waals surface area contributed by atoms with Crippen molar-refractivity contribution in [2.45, 2.75) is 26.9 Å². The minimum Gasteiger partial charge on any atom is -0.377 e. The Bertz CT molecular complexity index is 346. The Morgan fingerprint density at radius 2 is 2.23 bits per heavy atom. The van der Waals surface area contributed by atoms with Crippen molar-refractivity contribution in [3.63, 3.8) is 0 Å². The molecule has 1 N–H and O–H groups in total. The summed E-state index contributed by atoms with van der Waals surface area (Å²) in [4.78, 5) is 7.39. The third kappa shape index (κ3) is 2.35. The maximum atomic E-state index is 5.15. The van der Waals surface area contributed by atoms with E-state index in [0.717, 1.165) is 23.5 Å². The lowest BCUT2D eigenvalue weighted by Gasteiger charge is -2.06. The van der Waals surface area contributed by atoms with Gasteiger partial charge >= 0.3 is 0 Å². The summed E-state index contributed by atoms with van der Waals surface area (Å²) in [5.41, 5.74) is 2.21. The number of aryl methyl sites for hydroxylation is 1. The lowest BCUT2D eigenvalue weighted by molar-refractivity contribution is 0.177. The van der Waals surface area contributed by atoms with E-state index in [2.05, 4.69) is 16.9 Å². The van der Waals surface area contributed by atoms with Gasteiger partial charge in [-0.25, -0.2) is 4.98 Å². The molecule has 0 aliphatic rings. The molecule has 0 fully saturated rings. The van der Waals surface area contributed by atoms with E-state index in [-0.39, 0.29) is 0 Å². The maximum Gasteiger partial charge on any atom is 0.133 e. The molecule has 0 aliphatic carbocycles. The standard InChI is InChI=1S/C9H14N2OS/c1-4-7-6(2)10-8(5-12-3)11-9(7)13/h4-5H2,1-3H3,(H,10,11,13). The van der Waals surface area contributed by atoms with Crippen LogP contribution >= 0.6 is 12.2 Å². The van der Waals surface area contributed by atoms with Gasteiger partial charge in [0, 0.05) is 18.4 Å². The number of methoxy groups -OCH3 is 1. The third-order valence-corrected chi connectivity index (χ3v) is 2.25. The molecule has 13 heavy (non-hydrogen) atoms. The molecule has 0 aromatic carbocycles. The molecule has 0 saturated heterocycles. The van der Waals surface area contributed by atoms with Crippen LogP contribution in [0.3, 0.4) is 0 Å². The minimum atomic E-state index is 0.481. The lowest BCUT2D eigenvalue weighted by atomic mass is 10.2. The van der Waals surface area contributed by atoms with E-state index >= 15 is 0 Å². The van der Waals surface area contributed by atoms with Gasteiger partial charge in [0.05, 0.1) is 0 Å². The zero-order valence-electron chi connectivity index (χ0n) is 8.18. The first-order chi connectivity index (χ1) is 6.19. The monoisotopic (exact) mass is 198 g/mol. The van der Waals surface area contributed by atoms with Gasteiger partial charge in [-0.3, -0.25) is 0 Å². The molecular formula is C9H14N2OS. The number of H-pyrrole nitrogens is 1. The first-order valence-electron chi connectivity index (χ1n) is 4.26. The van der Waals surface area contributed by atoms with E-state index < -0.39 is 0 Å². The smallest absolute Gasteiger partial charge is 0.133 e. The van der Waals surface area contributed by atoms with E-state index in [4.69, 9.17) is 17.0 Å². The van der Waals surface area contributed by atoms with Gasteiger partial charge in [-0.05, 0) is 13.3 Å². The summed E-state index contributed by atoms with van der Waals surface area (Å²) in [5, 5.41) is 0. The normalized spacial score (nSPS) is 10.4. The van der Waals surface area contributed by atoms with Gasteiger partial charge in [0.25, 0.3) is 0 Å². The molecule has 1 rings (SSSR count). The molecule has 0 aliphatic heterocycles. The molecular weight excluding hydrogens is 184 g/mol. The predicted octanol–water partition coefficient (Wildman–Crippen LogP) is 2.16. The Labute approximate surface area is 83.2 Å². The van der Waals surface area contributed by atoms with Gasteiger partial charge in [-0.1, -0.05) is 19.1 Å². The van der Waals surface area contributed by atoms with Crippen LogP contribution in [-0.4, -0.2) is 17.1 Å². The SMILES string of the molecule is CCc1c(C)[nH]c(COC)nc1=S. The Morgan fingerprint density at radius 1 is 1.54 bits per heavy atom. The summed E-state index contributed by atoms with van der Waals surface area (Å²) in [7, 11) is 1.64. The Balaban J connectivity index is 3.13. The van der Waals surface area contributed by atoms with E-state index in [0.29, 0.717) is 11.2 Å². The molecule has 0 bridgehead atoms. The fourth-order valence-corrected chi connectivity index (χ4v) is 1.70. The van der Waals surface area contributed by atoms with Crippen molar-refractivity contribution in [3.05, 3.63) is 21.7 Å². The first kappa shape index (κ1) is 10.3. The van der Waals surface area contributed by atoms with Gasteiger partial charge in [0.15, 0.2) is 0 Å². The van der Waals surface area contributed by atoms with E-state index in [9.17, 15) is 0 Å². The highest BCUT2D eigenvalue weighted by molar-refractivity contribution is 7.71. The van der Waals surface area contributed by atoms with Gasteiger partial charge in [0.2, 0.25) is 0 Å². The number of aromatic amines is 1. The molecule has 0 unspecified atom stereocenters. The van der Waals surface area contributed by atoms with Gasteiger partial charge in [0.1, 0.15) is 17.1 Å². The fourth-order valence-electron chi connectivity index (χ4n) is 1.29. The summed E-state index contributed by atoms with van der Waals surface area (Å²) in [6.45, 7) is 4.56. The number of rotatable bonds is 3. The van der Waals surface area contributed by atoms with Crippen LogP contribution in [0.1, 0.15) is 24.0 Å². The molecule has 72 valence electrons. The van der Waals surface area contributed by atoms with Crippen molar-refractivity contribution in [1.82, 2.24) is 9.97 Å². The van der Waals surface area contributed by atoms with Gasteiger partial charge < -0.3 is 9.72 Å². The highest BCUT2D eigenvalue weighted by atomic mass is 32.1. The van der Waals surface area contributed by atoms with Gasteiger partial charge in [-0.2, -0.15) is 0 Å². The maximum absolute atomic E-state index is 5.15. The van der Waals surface area contributed by atoms with Crippen molar-refractivity contribution in [2.24, 2.45) is 0 Å². The third-order valence-electron chi connectivity index (χ3n) is 1.91.